The van der Waals surface area contributed by atoms with Gasteiger partial charge in [0.2, 0.25) is 10.0 Å². The van der Waals surface area contributed by atoms with E-state index >= 15 is 0 Å². The van der Waals surface area contributed by atoms with Crippen LogP contribution in [-0.2, 0) is 36.4 Å². The third-order valence-electron chi connectivity index (χ3n) is 6.76. The molecule has 0 spiro atoms. The van der Waals surface area contributed by atoms with Gasteiger partial charge in [-0.3, -0.25) is 13.8 Å². The minimum absolute atomic E-state index is 0.0270. The minimum atomic E-state index is -3.97. The molecule has 5 aromatic rings. The maximum atomic E-state index is 14.7. The number of ether oxygens (including phenoxy) is 2. The zero-order valence-electron chi connectivity index (χ0n) is 24.3. The van der Waals surface area contributed by atoms with Gasteiger partial charge < -0.3 is 14.0 Å². The number of hydrogen-bond donors (Lipinski definition) is 0. The van der Waals surface area contributed by atoms with Crippen molar-refractivity contribution in [3.63, 3.8) is 0 Å². The third kappa shape index (κ3) is 6.81. The molecule has 0 radical (unpaired) electrons. The van der Waals surface area contributed by atoms with Crippen molar-refractivity contribution < 1.29 is 26.7 Å². The first-order valence-corrected chi connectivity index (χ1v) is 15.3. The van der Waals surface area contributed by atoms with E-state index in [2.05, 4.69) is 5.10 Å². The van der Waals surface area contributed by atoms with Crippen LogP contribution in [0.2, 0.25) is 0 Å². The summed E-state index contributed by atoms with van der Waals surface area (Å²) in [7, 11) is -0.671. The highest BCUT2D eigenvalue weighted by Crippen LogP contribution is 2.41. The number of aromatic nitrogens is 3. The number of benzene rings is 3. The summed E-state index contributed by atoms with van der Waals surface area (Å²) in [4.78, 5) is 12.5. The van der Waals surface area contributed by atoms with E-state index in [4.69, 9.17) is 9.47 Å². The lowest BCUT2D eigenvalue weighted by molar-refractivity contribution is 0.340. The molecule has 0 amide bonds. The van der Waals surface area contributed by atoms with Gasteiger partial charge in [0.1, 0.15) is 17.3 Å². The molecule has 3 aromatic carbocycles. The van der Waals surface area contributed by atoms with Gasteiger partial charge in [-0.15, -0.1) is 0 Å². The molecule has 2 aromatic heterocycles. The molecule has 0 aliphatic rings. The van der Waals surface area contributed by atoms with Crippen molar-refractivity contribution in [2.75, 3.05) is 10.9 Å². The molecular weight excluding hydrogens is 590 g/mol. The van der Waals surface area contributed by atoms with Gasteiger partial charge in [0.15, 0.2) is 11.6 Å². The average molecular weight is 621 g/mol. The van der Waals surface area contributed by atoms with Gasteiger partial charge in [0, 0.05) is 55.3 Å². The van der Waals surface area contributed by atoms with E-state index in [0.29, 0.717) is 28.3 Å². The molecule has 0 saturated carbocycles. The van der Waals surface area contributed by atoms with Crippen molar-refractivity contribution in [1.29, 1.82) is 0 Å². The lowest BCUT2D eigenvalue weighted by Crippen LogP contribution is -2.31. The van der Waals surface area contributed by atoms with Gasteiger partial charge in [-0.1, -0.05) is 30.3 Å². The maximum absolute atomic E-state index is 14.7. The van der Waals surface area contributed by atoms with Crippen molar-refractivity contribution in [2.24, 2.45) is 14.1 Å². The Balaban J connectivity index is 1.69. The number of rotatable bonds is 11. The largest absolute Gasteiger partial charge is 0.493 e. The lowest BCUT2D eigenvalue weighted by atomic mass is 10.0. The van der Waals surface area contributed by atoms with Crippen LogP contribution in [0.5, 0.6) is 17.2 Å². The molecule has 0 unspecified atom stereocenters. The quantitative estimate of drug-likeness (QED) is 0.186. The molecule has 9 nitrogen and oxygen atoms in total. The first kappa shape index (κ1) is 30.5. The van der Waals surface area contributed by atoms with Crippen LogP contribution in [0, 0.1) is 11.6 Å². The third-order valence-corrected chi connectivity index (χ3v) is 8.47. The monoisotopic (exact) mass is 620 g/mol. The fourth-order valence-corrected chi connectivity index (χ4v) is 6.22. The summed E-state index contributed by atoms with van der Waals surface area (Å²) in [5, 5.41) is 4.18. The van der Waals surface area contributed by atoms with E-state index in [1.54, 1.807) is 74.5 Å². The Hall–Kier alpha value is -4.97. The Morgan fingerprint density at radius 1 is 0.864 bits per heavy atom. The lowest BCUT2D eigenvalue weighted by Gasteiger charge is -2.26. The van der Waals surface area contributed by atoms with Gasteiger partial charge in [-0.25, -0.2) is 17.2 Å². The van der Waals surface area contributed by atoms with Gasteiger partial charge >= 0.3 is 0 Å². The summed E-state index contributed by atoms with van der Waals surface area (Å²) in [5.74, 6) is -1.85. The van der Waals surface area contributed by atoms with Crippen molar-refractivity contribution >= 4 is 15.7 Å². The van der Waals surface area contributed by atoms with Crippen molar-refractivity contribution in [3.8, 4) is 28.4 Å². The second-order valence-corrected chi connectivity index (χ2v) is 12.0. The van der Waals surface area contributed by atoms with E-state index in [9.17, 15) is 22.0 Å². The van der Waals surface area contributed by atoms with Crippen molar-refractivity contribution in [1.82, 2.24) is 14.3 Å². The van der Waals surface area contributed by atoms with E-state index in [-0.39, 0.29) is 47.4 Å². The van der Waals surface area contributed by atoms with Gasteiger partial charge in [0.25, 0.3) is 5.56 Å². The summed E-state index contributed by atoms with van der Waals surface area (Å²) >= 11 is 0. The van der Waals surface area contributed by atoms with E-state index in [1.165, 1.54) is 27.2 Å². The highest BCUT2D eigenvalue weighted by molar-refractivity contribution is 7.92. The number of nitrogens with zero attached hydrogens (tertiary/aromatic N) is 4. The minimum Gasteiger partial charge on any atom is -0.493 e. The number of sulfonamides is 1. The highest BCUT2D eigenvalue weighted by Gasteiger charge is 2.26. The molecule has 44 heavy (non-hydrogen) atoms. The predicted octanol–water partition coefficient (Wildman–Crippen LogP) is 5.79. The molecule has 0 N–H and O–H groups in total. The number of pyridine rings is 1. The average Bonchev–Trinajstić information content (AvgIpc) is 3.40. The molecule has 12 heteroatoms. The second-order valence-electron chi connectivity index (χ2n) is 10.1. The molecule has 0 bridgehead atoms. The highest BCUT2D eigenvalue weighted by atomic mass is 32.2. The Kier molecular flexibility index (Phi) is 8.81. The SMILES string of the molecule is CCOc1cc(=O)n(C)cc1-c1cc(N(Cc2cnn(C)c2)S(=O)(=O)Cc2ccccc2)ccc1Oc1ccc(F)cc1F. The summed E-state index contributed by atoms with van der Waals surface area (Å²) in [5.41, 5.74) is 1.92. The molecule has 2 heterocycles. The predicted molar refractivity (Wildman–Crippen MR) is 163 cm³/mol. The molecule has 0 aliphatic carbocycles. The molecule has 0 saturated heterocycles. The first-order valence-electron chi connectivity index (χ1n) is 13.7. The van der Waals surface area contributed by atoms with Crippen LogP contribution in [0.4, 0.5) is 14.5 Å². The van der Waals surface area contributed by atoms with Crippen LogP contribution < -0.4 is 19.3 Å². The number of aryl methyl sites for hydroxylation is 2. The van der Waals surface area contributed by atoms with Crippen LogP contribution in [0.3, 0.4) is 0 Å². The van der Waals surface area contributed by atoms with Gasteiger partial charge in [0.05, 0.1) is 30.8 Å². The Bertz CT molecular complexity index is 1960. The smallest absolute Gasteiger partial charge is 0.254 e. The summed E-state index contributed by atoms with van der Waals surface area (Å²) in [6, 6.07) is 17.7. The van der Waals surface area contributed by atoms with Crippen LogP contribution in [0.1, 0.15) is 18.1 Å². The normalized spacial score (nSPS) is 11.4. The second kappa shape index (κ2) is 12.7. The first-order chi connectivity index (χ1) is 21.0. The van der Waals surface area contributed by atoms with E-state index < -0.39 is 21.7 Å². The van der Waals surface area contributed by atoms with Crippen LogP contribution in [-0.4, -0.2) is 29.4 Å². The Morgan fingerprint density at radius 3 is 2.30 bits per heavy atom. The molecule has 0 atom stereocenters. The van der Waals surface area contributed by atoms with Crippen molar-refractivity contribution in [2.45, 2.75) is 19.2 Å². The number of hydrogen-bond acceptors (Lipinski definition) is 6. The Labute approximate surface area is 253 Å². The summed E-state index contributed by atoms with van der Waals surface area (Å²) in [6.07, 6.45) is 4.84. The summed E-state index contributed by atoms with van der Waals surface area (Å²) in [6.45, 7) is 1.97. The van der Waals surface area contributed by atoms with Gasteiger partial charge in [-0.2, -0.15) is 5.10 Å². The molecular formula is C32H30F2N4O5S. The van der Waals surface area contributed by atoms with E-state index in [1.807, 2.05) is 6.07 Å². The van der Waals surface area contributed by atoms with E-state index in [0.717, 1.165) is 12.1 Å². The van der Waals surface area contributed by atoms with Crippen LogP contribution in [0.25, 0.3) is 11.1 Å². The van der Waals surface area contributed by atoms with Crippen molar-refractivity contribution in [3.05, 3.63) is 125 Å². The molecule has 0 fully saturated rings. The zero-order chi connectivity index (χ0) is 31.4. The van der Waals surface area contributed by atoms with Crippen LogP contribution >= 0.6 is 0 Å². The fourth-order valence-electron chi connectivity index (χ4n) is 4.67. The van der Waals surface area contributed by atoms with Gasteiger partial charge in [-0.05, 0) is 42.8 Å². The maximum Gasteiger partial charge on any atom is 0.254 e. The standard InChI is InChI=1S/C32H30F2N4O5S/c1-4-42-31-16-32(39)36(2)20-27(31)26-15-25(11-13-29(26)43-30-12-10-24(33)14-28(30)34)38(19-23-17-35-37(3)18-23)44(40,41)21-22-8-6-5-7-9-22/h5-18,20H,4,19,21H2,1-3H3. The molecule has 228 valence electrons. The fraction of sp³-hybridized carbons (Fsp3) is 0.188. The van der Waals surface area contributed by atoms with Crippen LogP contribution in [0.15, 0.2) is 96.2 Å². The number of halogens is 2. The molecule has 5 rings (SSSR count). The topological polar surface area (TPSA) is 95.7 Å². The Morgan fingerprint density at radius 2 is 1.61 bits per heavy atom. The molecule has 0 aliphatic heterocycles. The number of anilines is 1. The zero-order valence-corrected chi connectivity index (χ0v) is 25.1. The summed E-state index contributed by atoms with van der Waals surface area (Å²) < 4.78 is 72.2.